The van der Waals surface area contributed by atoms with Crippen LogP contribution in [0.25, 0.3) is 0 Å². The molecule has 0 aromatic carbocycles. The first kappa shape index (κ1) is 13.4. The summed E-state index contributed by atoms with van der Waals surface area (Å²) in [6, 6.07) is 3.39. The minimum absolute atomic E-state index is 0.223. The van der Waals surface area contributed by atoms with Gasteiger partial charge in [0.05, 0.1) is 23.1 Å². The van der Waals surface area contributed by atoms with Crippen LogP contribution in [0, 0.1) is 0 Å². The highest BCUT2D eigenvalue weighted by Crippen LogP contribution is 2.19. The lowest BCUT2D eigenvalue weighted by molar-refractivity contribution is 0.0950. The van der Waals surface area contributed by atoms with Gasteiger partial charge in [0.25, 0.3) is 5.91 Å². The van der Waals surface area contributed by atoms with Crippen molar-refractivity contribution in [3.8, 4) is 0 Å². The number of furan rings is 1. The van der Waals surface area contributed by atoms with E-state index >= 15 is 0 Å². The van der Waals surface area contributed by atoms with Gasteiger partial charge in [-0.15, -0.1) is 0 Å². The quantitative estimate of drug-likeness (QED) is 0.883. The summed E-state index contributed by atoms with van der Waals surface area (Å²) in [6.45, 7) is 3.07. The lowest BCUT2D eigenvalue weighted by atomic mass is 10.2. The molecule has 0 atom stereocenters. The lowest BCUT2D eigenvalue weighted by Gasteiger charge is -2.07. The number of carbonyl (C=O) groups excluding carboxylic acids is 1. The van der Waals surface area contributed by atoms with Gasteiger partial charge in [-0.3, -0.25) is 4.79 Å². The van der Waals surface area contributed by atoms with E-state index in [0.29, 0.717) is 22.9 Å². The van der Waals surface area contributed by atoms with Crippen molar-refractivity contribution >= 4 is 23.3 Å². The van der Waals surface area contributed by atoms with Gasteiger partial charge in [-0.2, -0.15) is 0 Å². The second kappa shape index (κ2) is 6.24. The van der Waals surface area contributed by atoms with E-state index in [0.717, 1.165) is 12.1 Å². The number of pyridine rings is 1. The highest BCUT2D eigenvalue weighted by molar-refractivity contribution is 6.33. The molecule has 0 saturated carbocycles. The SMILES string of the molecule is CCNc1ncc(C(=O)NCc2ccoc2)cc1Cl. The summed E-state index contributed by atoms with van der Waals surface area (Å²) < 4.78 is 4.92. The maximum Gasteiger partial charge on any atom is 0.253 e. The summed E-state index contributed by atoms with van der Waals surface area (Å²) in [4.78, 5) is 16.0. The van der Waals surface area contributed by atoms with Crippen LogP contribution in [0.1, 0.15) is 22.8 Å². The summed E-state index contributed by atoms with van der Waals surface area (Å²) >= 11 is 6.03. The molecule has 0 unspecified atom stereocenters. The first-order valence-electron chi connectivity index (χ1n) is 5.89. The van der Waals surface area contributed by atoms with Crippen LogP contribution in [0.3, 0.4) is 0 Å². The molecule has 2 N–H and O–H groups in total. The van der Waals surface area contributed by atoms with Gasteiger partial charge in [0.1, 0.15) is 5.82 Å². The molecule has 0 saturated heterocycles. The minimum atomic E-state index is -0.223. The van der Waals surface area contributed by atoms with Crippen LogP contribution < -0.4 is 10.6 Å². The lowest BCUT2D eigenvalue weighted by Crippen LogP contribution is -2.22. The molecule has 0 radical (unpaired) electrons. The summed E-state index contributed by atoms with van der Waals surface area (Å²) in [5.74, 6) is 0.356. The van der Waals surface area contributed by atoms with Crippen molar-refractivity contribution in [1.29, 1.82) is 0 Å². The van der Waals surface area contributed by atoms with E-state index in [1.54, 1.807) is 24.7 Å². The van der Waals surface area contributed by atoms with Crippen LogP contribution >= 0.6 is 11.6 Å². The average molecular weight is 280 g/mol. The van der Waals surface area contributed by atoms with Crippen molar-refractivity contribution < 1.29 is 9.21 Å². The van der Waals surface area contributed by atoms with Gasteiger partial charge in [-0.1, -0.05) is 11.6 Å². The summed E-state index contributed by atoms with van der Waals surface area (Å²) in [5, 5.41) is 6.20. The number of rotatable bonds is 5. The third-order valence-corrected chi connectivity index (χ3v) is 2.77. The number of anilines is 1. The molecular formula is C13H14ClN3O2. The zero-order chi connectivity index (χ0) is 13.7. The standard InChI is InChI=1S/C13H14ClN3O2/c1-2-15-12-11(14)5-10(7-16-12)13(18)17-6-9-3-4-19-8-9/h3-5,7-8H,2,6H2,1H3,(H,15,16)(H,17,18). The maximum atomic E-state index is 11.9. The number of aromatic nitrogens is 1. The Labute approximate surface area is 116 Å². The number of nitrogens with zero attached hydrogens (tertiary/aromatic N) is 1. The van der Waals surface area contributed by atoms with Crippen LogP contribution in [0.5, 0.6) is 0 Å². The van der Waals surface area contributed by atoms with Crippen LogP contribution in [0.15, 0.2) is 35.3 Å². The zero-order valence-corrected chi connectivity index (χ0v) is 11.2. The summed E-state index contributed by atoms with van der Waals surface area (Å²) in [5.41, 5.74) is 1.33. The predicted molar refractivity (Wildman–Crippen MR) is 73.3 cm³/mol. The fraction of sp³-hybridized carbons (Fsp3) is 0.231. The van der Waals surface area contributed by atoms with Gasteiger partial charge < -0.3 is 15.1 Å². The Morgan fingerprint density at radius 2 is 2.37 bits per heavy atom. The van der Waals surface area contributed by atoms with Gasteiger partial charge in [-0.05, 0) is 19.1 Å². The Hall–Kier alpha value is -2.01. The van der Waals surface area contributed by atoms with Crippen LogP contribution in [0.2, 0.25) is 5.02 Å². The fourth-order valence-electron chi connectivity index (χ4n) is 1.54. The first-order valence-corrected chi connectivity index (χ1v) is 6.27. The Balaban J connectivity index is 2.01. The second-order valence-corrected chi connectivity index (χ2v) is 4.31. The normalized spacial score (nSPS) is 10.2. The fourth-order valence-corrected chi connectivity index (χ4v) is 1.77. The topological polar surface area (TPSA) is 67.2 Å². The first-order chi connectivity index (χ1) is 9.20. The molecule has 0 aliphatic carbocycles. The van der Waals surface area contributed by atoms with Crippen molar-refractivity contribution in [3.63, 3.8) is 0 Å². The molecule has 2 heterocycles. The number of hydrogen-bond acceptors (Lipinski definition) is 4. The Morgan fingerprint density at radius 1 is 1.53 bits per heavy atom. The maximum absolute atomic E-state index is 11.9. The molecule has 2 aromatic heterocycles. The van der Waals surface area contributed by atoms with E-state index < -0.39 is 0 Å². The number of carbonyl (C=O) groups is 1. The van der Waals surface area contributed by atoms with Gasteiger partial charge in [0.2, 0.25) is 0 Å². The molecule has 0 aliphatic heterocycles. The van der Waals surface area contributed by atoms with E-state index in [4.69, 9.17) is 16.0 Å². The van der Waals surface area contributed by atoms with Gasteiger partial charge in [-0.25, -0.2) is 4.98 Å². The Bertz CT molecular complexity index is 555. The molecule has 0 bridgehead atoms. The summed E-state index contributed by atoms with van der Waals surface area (Å²) in [7, 11) is 0. The molecule has 19 heavy (non-hydrogen) atoms. The van der Waals surface area contributed by atoms with E-state index in [1.165, 1.54) is 6.20 Å². The monoisotopic (exact) mass is 279 g/mol. The average Bonchev–Trinajstić information content (AvgIpc) is 2.91. The molecule has 0 aliphatic rings. The largest absolute Gasteiger partial charge is 0.472 e. The zero-order valence-electron chi connectivity index (χ0n) is 10.4. The Morgan fingerprint density at radius 3 is 3.00 bits per heavy atom. The molecular weight excluding hydrogens is 266 g/mol. The molecule has 5 nitrogen and oxygen atoms in total. The van der Waals surface area contributed by atoms with Gasteiger partial charge >= 0.3 is 0 Å². The number of hydrogen-bond donors (Lipinski definition) is 2. The van der Waals surface area contributed by atoms with E-state index in [-0.39, 0.29) is 5.91 Å². The minimum Gasteiger partial charge on any atom is -0.472 e. The van der Waals surface area contributed by atoms with Crippen molar-refractivity contribution in [2.45, 2.75) is 13.5 Å². The highest BCUT2D eigenvalue weighted by atomic mass is 35.5. The van der Waals surface area contributed by atoms with Gasteiger partial charge in [0, 0.05) is 24.8 Å². The molecule has 2 rings (SSSR count). The smallest absolute Gasteiger partial charge is 0.253 e. The third-order valence-electron chi connectivity index (χ3n) is 2.48. The van der Waals surface area contributed by atoms with E-state index in [9.17, 15) is 4.79 Å². The predicted octanol–water partition coefficient (Wildman–Crippen LogP) is 2.69. The number of halogens is 1. The van der Waals surface area contributed by atoms with Crippen LogP contribution in [-0.2, 0) is 6.54 Å². The van der Waals surface area contributed by atoms with E-state index in [1.807, 2.05) is 6.92 Å². The molecule has 1 amide bonds. The number of nitrogens with one attached hydrogen (secondary N) is 2. The Kier molecular flexibility index (Phi) is 4.41. The summed E-state index contributed by atoms with van der Waals surface area (Å²) in [6.07, 6.45) is 4.64. The van der Waals surface area contributed by atoms with Crippen molar-refractivity contribution in [1.82, 2.24) is 10.3 Å². The molecule has 100 valence electrons. The van der Waals surface area contributed by atoms with Crippen molar-refractivity contribution in [2.24, 2.45) is 0 Å². The van der Waals surface area contributed by atoms with Crippen LogP contribution in [-0.4, -0.2) is 17.4 Å². The van der Waals surface area contributed by atoms with E-state index in [2.05, 4.69) is 15.6 Å². The number of amides is 1. The van der Waals surface area contributed by atoms with Crippen LogP contribution in [0.4, 0.5) is 5.82 Å². The molecule has 0 fully saturated rings. The molecule has 0 spiro atoms. The molecule has 2 aromatic rings. The van der Waals surface area contributed by atoms with Crippen molar-refractivity contribution in [2.75, 3.05) is 11.9 Å². The van der Waals surface area contributed by atoms with Gasteiger partial charge in [0.15, 0.2) is 0 Å². The second-order valence-electron chi connectivity index (χ2n) is 3.90. The highest BCUT2D eigenvalue weighted by Gasteiger charge is 2.09. The molecule has 6 heteroatoms. The van der Waals surface area contributed by atoms with Crippen molar-refractivity contribution in [3.05, 3.63) is 47.0 Å². The third kappa shape index (κ3) is 3.48.